The highest BCUT2D eigenvalue weighted by atomic mass is 19.1. The number of ether oxygens (including phenoxy) is 1. The SMILES string of the molecule is O=C(NCc1cccnc1OC1CCCC1)Nc1ccc(-n2cccn2)c(F)c1. The van der Waals surface area contributed by atoms with Crippen molar-refractivity contribution in [3.8, 4) is 11.6 Å². The Kier molecular flexibility index (Phi) is 5.69. The highest BCUT2D eigenvalue weighted by molar-refractivity contribution is 5.89. The largest absolute Gasteiger partial charge is 0.474 e. The van der Waals surface area contributed by atoms with Crippen LogP contribution in [0.1, 0.15) is 31.2 Å². The second-order valence-electron chi connectivity index (χ2n) is 6.92. The van der Waals surface area contributed by atoms with Crippen LogP contribution in [-0.4, -0.2) is 26.9 Å². The van der Waals surface area contributed by atoms with E-state index in [4.69, 9.17) is 4.74 Å². The number of halogens is 1. The van der Waals surface area contributed by atoms with Crippen LogP contribution in [0.15, 0.2) is 55.0 Å². The Morgan fingerprint density at radius 2 is 2.07 bits per heavy atom. The van der Waals surface area contributed by atoms with E-state index in [9.17, 15) is 9.18 Å². The summed E-state index contributed by atoms with van der Waals surface area (Å²) in [5, 5.41) is 9.41. The van der Waals surface area contributed by atoms with Gasteiger partial charge in [0.05, 0.1) is 0 Å². The van der Waals surface area contributed by atoms with Crippen LogP contribution in [0.3, 0.4) is 0 Å². The lowest BCUT2D eigenvalue weighted by Crippen LogP contribution is -2.28. The van der Waals surface area contributed by atoms with Crippen molar-refractivity contribution in [2.24, 2.45) is 0 Å². The quantitative estimate of drug-likeness (QED) is 0.660. The number of hydrogen-bond donors (Lipinski definition) is 2. The van der Waals surface area contributed by atoms with Gasteiger partial charge in [-0.25, -0.2) is 18.9 Å². The van der Waals surface area contributed by atoms with Crippen molar-refractivity contribution in [1.29, 1.82) is 0 Å². The van der Waals surface area contributed by atoms with Crippen LogP contribution in [-0.2, 0) is 6.54 Å². The number of carbonyl (C=O) groups is 1. The Hall–Kier alpha value is -3.42. The Bertz CT molecular complexity index is 971. The van der Waals surface area contributed by atoms with Gasteiger partial charge in [-0.2, -0.15) is 5.10 Å². The molecule has 1 aliphatic rings. The van der Waals surface area contributed by atoms with E-state index in [1.807, 2.05) is 6.07 Å². The Balaban J connectivity index is 1.35. The van der Waals surface area contributed by atoms with Crippen LogP contribution in [0.25, 0.3) is 5.69 Å². The molecule has 1 aromatic carbocycles. The highest BCUT2D eigenvalue weighted by Gasteiger charge is 2.18. The number of amides is 2. The molecule has 150 valence electrons. The lowest BCUT2D eigenvalue weighted by atomic mass is 10.2. The minimum Gasteiger partial charge on any atom is -0.474 e. The lowest BCUT2D eigenvalue weighted by Gasteiger charge is -2.15. The van der Waals surface area contributed by atoms with Crippen molar-refractivity contribution in [3.63, 3.8) is 0 Å². The topological polar surface area (TPSA) is 81.1 Å². The fourth-order valence-electron chi connectivity index (χ4n) is 3.36. The van der Waals surface area contributed by atoms with Crippen LogP contribution >= 0.6 is 0 Å². The van der Waals surface area contributed by atoms with Crippen LogP contribution in [0, 0.1) is 5.82 Å². The number of anilines is 1. The van der Waals surface area contributed by atoms with Gasteiger partial charge in [-0.15, -0.1) is 0 Å². The third-order valence-corrected chi connectivity index (χ3v) is 4.83. The zero-order chi connectivity index (χ0) is 20.1. The summed E-state index contributed by atoms with van der Waals surface area (Å²) in [5.41, 5.74) is 1.46. The van der Waals surface area contributed by atoms with Gasteiger partial charge in [-0.05, 0) is 56.0 Å². The first-order chi connectivity index (χ1) is 14.2. The summed E-state index contributed by atoms with van der Waals surface area (Å²) in [4.78, 5) is 16.5. The van der Waals surface area contributed by atoms with Gasteiger partial charge in [0.1, 0.15) is 11.8 Å². The minimum absolute atomic E-state index is 0.189. The smallest absolute Gasteiger partial charge is 0.319 e. The Labute approximate surface area is 167 Å². The summed E-state index contributed by atoms with van der Waals surface area (Å²) in [6.07, 6.45) is 9.49. The summed E-state index contributed by atoms with van der Waals surface area (Å²) in [6, 6.07) is 9.39. The molecule has 2 amide bonds. The number of carbonyl (C=O) groups excluding carboxylic acids is 1. The molecule has 4 rings (SSSR count). The van der Waals surface area contributed by atoms with Crippen LogP contribution in [0.5, 0.6) is 5.88 Å². The zero-order valence-corrected chi connectivity index (χ0v) is 15.8. The molecule has 29 heavy (non-hydrogen) atoms. The van der Waals surface area contributed by atoms with E-state index in [1.54, 1.807) is 42.9 Å². The van der Waals surface area contributed by atoms with E-state index in [1.165, 1.54) is 23.6 Å². The van der Waals surface area contributed by atoms with Crippen molar-refractivity contribution in [2.75, 3.05) is 5.32 Å². The van der Waals surface area contributed by atoms with Gasteiger partial charge in [0.25, 0.3) is 0 Å². The fourth-order valence-corrected chi connectivity index (χ4v) is 3.36. The van der Waals surface area contributed by atoms with Crippen LogP contribution < -0.4 is 15.4 Å². The van der Waals surface area contributed by atoms with Crippen molar-refractivity contribution in [3.05, 3.63) is 66.4 Å². The number of nitrogens with zero attached hydrogens (tertiary/aromatic N) is 3. The molecule has 0 saturated heterocycles. The summed E-state index contributed by atoms with van der Waals surface area (Å²) in [6.45, 7) is 0.260. The van der Waals surface area contributed by atoms with Gasteiger partial charge in [-0.1, -0.05) is 6.07 Å². The molecule has 1 saturated carbocycles. The molecule has 0 radical (unpaired) electrons. The third kappa shape index (κ3) is 4.71. The average Bonchev–Trinajstić information content (AvgIpc) is 3.42. The second kappa shape index (κ2) is 8.72. The van der Waals surface area contributed by atoms with Crippen LogP contribution in [0.4, 0.5) is 14.9 Å². The second-order valence-corrected chi connectivity index (χ2v) is 6.92. The van der Waals surface area contributed by atoms with Crippen molar-refractivity contribution < 1.29 is 13.9 Å². The predicted octanol–water partition coefficient (Wildman–Crippen LogP) is 4.05. The summed E-state index contributed by atoms with van der Waals surface area (Å²) < 4.78 is 21.7. The molecule has 3 aromatic rings. The van der Waals surface area contributed by atoms with E-state index < -0.39 is 11.8 Å². The molecule has 2 aromatic heterocycles. The van der Waals surface area contributed by atoms with Crippen molar-refractivity contribution in [1.82, 2.24) is 20.1 Å². The molecule has 0 aliphatic heterocycles. The monoisotopic (exact) mass is 395 g/mol. The maximum atomic E-state index is 14.3. The Morgan fingerprint density at radius 3 is 2.83 bits per heavy atom. The average molecular weight is 395 g/mol. The predicted molar refractivity (Wildman–Crippen MR) is 107 cm³/mol. The van der Waals surface area contributed by atoms with Gasteiger partial charge >= 0.3 is 6.03 Å². The third-order valence-electron chi connectivity index (χ3n) is 4.83. The van der Waals surface area contributed by atoms with Crippen LogP contribution in [0.2, 0.25) is 0 Å². The molecule has 8 heteroatoms. The van der Waals surface area contributed by atoms with E-state index >= 15 is 0 Å². The number of hydrogen-bond acceptors (Lipinski definition) is 4. The van der Waals surface area contributed by atoms with E-state index in [-0.39, 0.29) is 12.6 Å². The fraction of sp³-hybridized carbons (Fsp3) is 0.286. The first kappa shape index (κ1) is 18.9. The normalized spacial score (nSPS) is 14.0. The molecule has 1 fully saturated rings. The van der Waals surface area contributed by atoms with E-state index in [0.29, 0.717) is 17.3 Å². The minimum atomic E-state index is -0.481. The highest BCUT2D eigenvalue weighted by Crippen LogP contribution is 2.25. The molecule has 0 bridgehead atoms. The Morgan fingerprint density at radius 1 is 1.21 bits per heavy atom. The number of benzene rings is 1. The molecule has 1 aliphatic carbocycles. The molecule has 0 unspecified atom stereocenters. The lowest BCUT2D eigenvalue weighted by molar-refractivity contribution is 0.199. The number of rotatable bonds is 6. The molecule has 0 atom stereocenters. The zero-order valence-electron chi connectivity index (χ0n) is 15.8. The molecular weight excluding hydrogens is 373 g/mol. The molecule has 0 spiro atoms. The number of nitrogens with one attached hydrogen (secondary N) is 2. The molecule has 2 N–H and O–H groups in total. The van der Waals surface area contributed by atoms with Crippen molar-refractivity contribution >= 4 is 11.7 Å². The van der Waals surface area contributed by atoms with Gasteiger partial charge in [0, 0.05) is 36.4 Å². The van der Waals surface area contributed by atoms with Gasteiger partial charge in [0.2, 0.25) is 5.88 Å². The van der Waals surface area contributed by atoms with Crippen molar-refractivity contribution in [2.45, 2.75) is 38.3 Å². The summed E-state index contributed by atoms with van der Waals surface area (Å²) in [7, 11) is 0. The number of pyridine rings is 1. The maximum absolute atomic E-state index is 14.3. The maximum Gasteiger partial charge on any atom is 0.319 e. The van der Waals surface area contributed by atoms with Gasteiger partial charge in [0.15, 0.2) is 5.82 Å². The van der Waals surface area contributed by atoms with Gasteiger partial charge < -0.3 is 15.4 Å². The standard InChI is InChI=1S/C21H22FN5O2/c22-18-13-16(8-9-19(18)27-12-4-11-25-27)26-21(28)24-14-15-5-3-10-23-20(15)29-17-6-1-2-7-17/h3-5,8-13,17H,1-2,6-7,14H2,(H2,24,26,28). The van der Waals surface area contributed by atoms with E-state index in [0.717, 1.165) is 18.4 Å². The first-order valence-corrected chi connectivity index (χ1v) is 9.64. The first-order valence-electron chi connectivity index (χ1n) is 9.64. The summed E-state index contributed by atoms with van der Waals surface area (Å²) in [5.74, 6) is 0.0697. The summed E-state index contributed by atoms with van der Waals surface area (Å²) >= 11 is 0. The number of urea groups is 1. The molecular formula is C21H22FN5O2. The molecule has 7 nitrogen and oxygen atoms in total. The van der Waals surface area contributed by atoms with E-state index in [2.05, 4.69) is 20.7 Å². The molecule has 2 heterocycles. The van der Waals surface area contributed by atoms with Gasteiger partial charge in [-0.3, -0.25) is 0 Å². The number of aromatic nitrogens is 3.